The lowest BCUT2D eigenvalue weighted by atomic mass is 10.0. The summed E-state index contributed by atoms with van der Waals surface area (Å²) in [7, 11) is 3.23. The van der Waals surface area contributed by atoms with Crippen molar-refractivity contribution in [2.75, 3.05) is 20.8 Å². The molecule has 0 saturated carbocycles. The van der Waals surface area contributed by atoms with E-state index in [4.69, 9.17) is 9.47 Å². The summed E-state index contributed by atoms with van der Waals surface area (Å²) < 4.78 is 10.5. The molecule has 4 nitrogen and oxygen atoms in total. The molecule has 0 spiro atoms. The van der Waals surface area contributed by atoms with Crippen molar-refractivity contribution in [3.05, 3.63) is 58.1 Å². The molecule has 24 heavy (non-hydrogen) atoms. The van der Waals surface area contributed by atoms with Crippen LogP contribution in [0.5, 0.6) is 11.5 Å². The van der Waals surface area contributed by atoms with Crippen LogP contribution in [0.25, 0.3) is 0 Å². The van der Waals surface area contributed by atoms with Gasteiger partial charge in [0.05, 0.1) is 14.2 Å². The number of methoxy groups -OCH3 is 2. The first kappa shape index (κ1) is 17.9. The number of ether oxygens (including phenoxy) is 2. The van der Waals surface area contributed by atoms with Crippen LogP contribution in [0.2, 0.25) is 0 Å². The van der Waals surface area contributed by atoms with Gasteiger partial charge in [-0.1, -0.05) is 12.1 Å². The van der Waals surface area contributed by atoms with Crippen LogP contribution in [0.15, 0.2) is 30.3 Å². The number of hydrogen-bond acceptors (Lipinski definition) is 3. The van der Waals surface area contributed by atoms with E-state index in [9.17, 15) is 4.79 Å². The average Bonchev–Trinajstić information content (AvgIpc) is 2.57. The molecule has 0 fully saturated rings. The zero-order valence-electron chi connectivity index (χ0n) is 15.0. The summed E-state index contributed by atoms with van der Waals surface area (Å²) in [5.41, 5.74) is 5.16. The smallest absolute Gasteiger partial charge is 0.251 e. The summed E-state index contributed by atoms with van der Waals surface area (Å²) in [5, 5.41) is 2.99. The number of nitrogens with one attached hydrogen (secondary N) is 1. The minimum Gasteiger partial charge on any atom is -0.493 e. The van der Waals surface area contributed by atoms with E-state index in [0.29, 0.717) is 18.0 Å². The molecular weight excluding hydrogens is 302 g/mol. The molecule has 0 aliphatic heterocycles. The summed E-state index contributed by atoms with van der Waals surface area (Å²) >= 11 is 0. The molecule has 0 saturated heterocycles. The predicted octanol–water partition coefficient (Wildman–Crippen LogP) is 3.60. The van der Waals surface area contributed by atoms with Gasteiger partial charge in [-0.2, -0.15) is 0 Å². The number of hydrogen-bond donors (Lipinski definition) is 1. The van der Waals surface area contributed by atoms with E-state index in [1.165, 1.54) is 5.56 Å². The van der Waals surface area contributed by atoms with Gasteiger partial charge >= 0.3 is 0 Å². The summed E-state index contributed by atoms with van der Waals surface area (Å²) in [5.74, 6) is 1.37. The molecule has 0 aliphatic carbocycles. The Bertz CT molecular complexity index is 738. The normalized spacial score (nSPS) is 10.4. The topological polar surface area (TPSA) is 47.6 Å². The van der Waals surface area contributed by atoms with Gasteiger partial charge in [0, 0.05) is 12.1 Å². The van der Waals surface area contributed by atoms with E-state index in [-0.39, 0.29) is 5.91 Å². The summed E-state index contributed by atoms with van der Waals surface area (Å²) in [6, 6.07) is 9.81. The molecular formula is C20H25NO3. The molecule has 0 atom stereocenters. The maximum atomic E-state index is 12.4. The van der Waals surface area contributed by atoms with Crippen molar-refractivity contribution in [1.82, 2.24) is 5.32 Å². The van der Waals surface area contributed by atoms with Gasteiger partial charge in [0.2, 0.25) is 0 Å². The monoisotopic (exact) mass is 327 g/mol. The predicted molar refractivity (Wildman–Crippen MR) is 96.2 cm³/mol. The van der Waals surface area contributed by atoms with E-state index in [1.807, 2.05) is 38.1 Å². The van der Waals surface area contributed by atoms with Crippen LogP contribution in [-0.4, -0.2) is 26.7 Å². The van der Waals surface area contributed by atoms with Crippen molar-refractivity contribution < 1.29 is 14.3 Å². The fourth-order valence-electron chi connectivity index (χ4n) is 2.66. The first-order valence-corrected chi connectivity index (χ1v) is 8.03. The molecule has 0 radical (unpaired) electrons. The standard InChI is InChI=1S/C20H25NO3/c1-13-10-15(3)17(11-14(13)2)20(22)21-9-8-16-6-7-18(23-4)19(12-16)24-5/h6-7,10-12H,8-9H2,1-5H3,(H,21,22). The highest BCUT2D eigenvalue weighted by Gasteiger charge is 2.10. The van der Waals surface area contributed by atoms with Gasteiger partial charge in [-0.25, -0.2) is 0 Å². The zero-order valence-corrected chi connectivity index (χ0v) is 15.0. The highest BCUT2D eigenvalue weighted by molar-refractivity contribution is 5.95. The first-order valence-electron chi connectivity index (χ1n) is 8.03. The Hall–Kier alpha value is -2.49. The molecule has 2 rings (SSSR count). The number of carbonyl (C=O) groups excluding carboxylic acids is 1. The van der Waals surface area contributed by atoms with Crippen LogP contribution in [0.3, 0.4) is 0 Å². The molecule has 2 aromatic rings. The SMILES string of the molecule is COc1ccc(CCNC(=O)c2cc(C)c(C)cc2C)cc1OC. The van der Waals surface area contributed by atoms with Gasteiger partial charge < -0.3 is 14.8 Å². The van der Waals surface area contributed by atoms with Gasteiger partial charge in [-0.3, -0.25) is 4.79 Å². The third-order valence-corrected chi connectivity index (χ3v) is 4.23. The minimum absolute atomic E-state index is 0.0314. The third-order valence-electron chi connectivity index (χ3n) is 4.23. The second-order valence-electron chi connectivity index (χ2n) is 5.95. The van der Waals surface area contributed by atoms with Gasteiger partial charge in [0.1, 0.15) is 0 Å². The van der Waals surface area contributed by atoms with E-state index in [1.54, 1.807) is 14.2 Å². The number of benzene rings is 2. The lowest BCUT2D eigenvalue weighted by Crippen LogP contribution is -2.26. The lowest BCUT2D eigenvalue weighted by molar-refractivity contribution is 0.0953. The zero-order chi connectivity index (χ0) is 17.7. The van der Waals surface area contributed by atoms with Crippen molar-refractivity contribution in [3.63, 3.8) is 0 Å². The maximum absolute atomic E-state index is 12.4. The van der Waals surface area contributed by atoms with Crippen molar-refractivity contribution >= 4 is 5.91 Å². The Balaban J connectivity index is 1.99. The maximum Gasteiger partial charge on any atom is 0.251 e. The molecule has 0 unspecified atom stereocenters. The highest BCUT2D eigenvalue weighted by atomic mass is 16.5. The van der Waals surface area contributed by atoms with Crippen LogP contribution in [0, 0.1) is 20.8 Å². The van der Waals surface area contributed by atoms with Crippen LogP contribution >= 0.6 is 0 Å². The van der Waals surface area contributed by atoms with Crippen molar-refractivity contribution in [2.45, 2.75) is 27.2 Å². The Labute approximate surface area is 143 Å². The Morgan fingerprint density at radius 2 is 1.58 bits per heavy atom. The largest absolute Gasteiger partial charge is 0.493 e. The molecule has 1 amide bonds. The second-order valence-corrected chi connectivity index (χ2v) is 5.95. The lowest BCUT2D eigenvalue weighted by Gasteiger charge is -2.12. The summed E-state index contributed by atoms with van der Waals surface area (Å²) in [6.45, 7) is 6.62. The van der Waals surface area contributed by atoms with E-state index >= 15 is 0 Å². The number of rotatable bonds is 6. The van der Waals surface area contributed by atoms with E-state index in [2.05, 4.69) is 18.3 Å². The molecule has 0 bridgehead atoms. The van der Waals surface area contributed by atoms with Crippen LogP contribution < -0.4 is 14.8 Å². The Morgan fingerprint density at radius 1 is 0.917 bits per heavy atom. The van der Waals surface area contributed by atoms with E-state index in [0.717, 1.165) is 28.7 Å². The van der Waals surface area contributed by atoms with Crippen LogP contribution in [0.4, 0.5) is 0 Å². The molecule has 0 aliphatic rings. The summed E-state index contributed by atoms with van der Waals surface area (Å²) in [6.07, 6.45) is 0.732. The first-order chi connectivity index (χ1) is 11.5. The van der Waals surface area contributed by atoms with Gasteiger partial charge in [0.25, 0.3) is 5.91 Å². The molecule has 2 aromatic carbocycles. The Kier molecular flexibility index (Phi) is 5.85. The molecule has 0 heterocycles. The van der Waals surface area contributed by atoms with Crippen LogP contribution in [0.1, 0.15) is 32.6 Å². The van der Waals surface area contributed by atoms with Gasteiger partial charge in [-0.05, 0) is 67.6 Å². The fourth-order valence-corrected chi connectivity index (χ4v) is 2.66. The Morgan fingerprint density at radius 3 is 2.25 bits per heavy atom. The van der Waals surface area contributed by atoms with Crippen molar-refractivity contribution in [3.8, 4) is 11.5 Å². The molecule has 128 valence electrons. The number of amides is 1. The molecule has 1 N–H and O–H groups in total. The van der Waals surface area contributed by atoms with E-state index < -0.39 is 0 Å². The fraction of sp³-hybridized carbons (Fsp3) is 0.350. The highest BCUT2D eigenvalue weighted by Crippen LogP contribution is 2.27. The van der Waals surface area contributed by atoms with Gasteiger partial charge in [-0.15, -0.1) is 0 Å². The third kappa shape index (κ3) is 4.07. The number of aryl methyl sites for hydroxylation is 3. The van der Waals surface area contributed by atoms with Crippen LogP contribution in [-0.2, 0) is 6.42 Å². The second kappa shape index (κ2) is 7.86. The molecule has 4 heteroatoms. The molecule has 0 aromatic heterocycles. The van der Waals surface area contributed by atoms with Crippen molar-refractivity contribution in [1.29, 1.82) is 0 Å². The van der Waals surface area contributed by atoms with Gasteiger partial charge in [0.15, 0.2) is 11.5 Å². The summed E-state index contributed by atoms with van der Waals surface area (Å²) in [4.78, 5) is 12.4. The number of carbonyl (C=O) groups is 1. The quantitative estimate of drug-likeness (QED) is 0.882. The average molecular weight is 327 g/mol. The van der Waals surface area contributed by atoms with Crippen molar-refractivity contribution in [2.24, 2.45) is 0 Å². The minimum atomic E-state index is -0.0314.